The Bertz CT molecular complexity index is 362. The van der Waals surface area contributed by atoms with Crippen LogP contribution < -0.4 is 4.90 Å². The predicted octanol–water partition coefficient (Wildman–Crippen LogP) is 2.41. The second-order valence-corrected chi connectivity index (χ2v) is 3.76. The molecule has 1 N–H and O–H groups in total. The molecule has 0 amide bonds. The topological polar surface area (TPSA) is 36.3 Å². The number of methoxy groups -OCH3 is 1. The highest BCUT2D eigenvalue weighted by atomic mass is 16.5. The van der Waals surface area contributed by atoms with Crippen LogP contribution in [0, 0.1) is 5.41 Å². The van der Waals surface area contributed by atoms with Gasteiger partial charge in [0.05, 0.1) is 6.61 Å². The highest BCUT2D eigenvalue weighted by molar-refractivity contribution is 5.98. The van der Waals surface area contributed by atoms with Crippen molar-refractivity contribution >= 4 is 11.5 Å². The van der Waals surface area contributed by atoms with Crippen molar-refractivity contribution in [3.05, 3.63) is 29.8 Å². The first-order valence-electron chi connectivity index (χ1n) is 5.24. The number of amidine groups is 1. The van der Waals surface area contributed by atoms with Crippen molar-refractivity contribution in [2.45, 2.75) is 19.4 Å². The first-order valence-corrected chi connectivity index (χ1v) is 5.24. The Kier molecular flexibility index (Phi) is 3.02. The van der Waals surface area contributed by atoms with E-state index in [2.05, 4.69) is 17.0 Å². The fraction of sp³-hybridized carbons (Fsp3) is 0.417. The molecule has 80 valence electrons. The zero-order chi connectivity index (χ0) is 10.7. The Labute approximate surface area is 90.2 Å². The first kappa shape index (κ1) is 10.2. The van der Waals surface area contributed by atoms with Crippen molar-refractivity contribution in [2.75, 3.05) is 18.6 Å². The van der Waals surface area contributed by atoms with Gasteiger partial charge in [-0.25, -0.2) is 0 Å². The summed E-state index contributed by atoms with van der Waals surface area (Å²) in [5, 5.41) is 7.86. The van der Waals surface area contributed by atoms with E-state index in [1.54, 1.807) is 7.11 Å². The lowest BCUT2D eigenvalue weighted by Gasteiger charge is -2.21. The van der Waals surface area contributed by atoms with Gasteiger partial charge in [-0.3, -0.25) is 5.41 Å². The molecule has 0 unspecified atom stereocenters. The molecule has 3 nitrogen and oxygen atoms in total. The van der Waals surface area contributed by atoms with Crippen LogP contribution in [0.2, 0.25) is 0 Å². The Morgan fingerprint density at radius 1 is 1.40 bits per heavy atom. The average Bonchev–Trinajstić information content (AvgIpc) is 2.66. The van der Waals surface area contributed by atoms with Crippen LogP contribution in [-0.2, 0) is 11.3 Å². The summed E-state index contributed by atoms with van der Waals surface area (Å²) in [5.74, 6) is 0.721. The lowest BCUT2D eigenvalue weighted by molar-refractivity contribution is 0.185. The van der Waals surface area contributed by atoms with Gasteiger partial charge < -0.3 is 9.64 Å². The number of ether oxygens (including phenoxy) is 1. The molecule has 0 atom stereocenters. The molecule has 3 heteroatoms. The molecule has 0 spiro atoms. The molecule has 1 aromatic carbocycles. The smallest absolute Gasteiger partial charge is 0.100 e. The number of benzene rings is 1. The van der Waals surface area contributed by atoms with Crippen molar-refractivity contribution in [1.82, 2.24) is 0 Å². The maximum atomic E-state index is 7.86. The number of anilines is 1. The average molecular weight is 204 g/mol. The monoisotopic (exact) mass is 204 g/mol. The van der Waals surface area contributed by atoms with E-state index in [1.165, 1.54) is 0 Å². The highest BCUT2D eigenvalue weighted by Gasteiger charge is 2.20. The summed E-state index contributed by atoms with van der Waals surface area (Å²) >= 11 is 0. The van der Waals surface area contributed by atoms with E-state index in [1.807, 2.05) is 12.1 Å². The molecule has 0 aliphatic carbocycles. The normalized spacial score (nSPS) is 16.1. The quantitative estimate of drug-likeness (QED) is 0.820. The molecule has 1 aliphatic rings. The fourth-order valence-corrected chi connectivity index (χ4v) is 1.99. The third-order valence-electron chi connectivity index (χ3n) is 2.70. The zero-order valence-electron chi connectivity index (χ0n) is 8.99. The molecule has 0 radical (unpaired) electrons. The van der Waals surface area contributed by atoms with Gasteiger partial charge in [0.1, 0.15) is 5.84 Å². The second-order valence-electron chi connectivity index (χ2n) is 3.76. The SMILES string of the molecule is COCc1ccccc1N1CCCC1=N. The number of hydrogen-bond acceptors (Lipinski definition) is 2. The number of nitrogens with one attached hydrogen (secondary N) is 1. The van der Waals surface area contributed by atoms with E-state index in [4.69, 9.17) is 10.1 Å². The van der Waals surface area contributed by atoms with Crippen LogP contribution in [0.25, 0.3) is 0 Å². The highest BCUT2D eigenvalue weighted by Crippen LogP contribution is 2.25. The summed E-state index contributed by atoms with van der Waals surface area (Å²) in [4.78, 5) is 2.08. The van der Waals surface area contributed by atoms with Crippen LogP contribution in [0.15, 0.2) is 24.3 Å². The van der Waals surface area contributed by atoms with Gasteiger partial charge in [0.25, 0.3) is 0 Å². The van der Waals surface area contributed by atoms with Gasteiger partial charge in [0, 0.05) is 31.3 Å². The molecule has 1 aromatic rings. The molecule has 1 aliphatic heterocycles. The first-order chi connectivity index (χ1) is 7.33. The van der Waals surface area contributed by atoms with Crippen LogP contribution in [-0.4, -0.2) is 19.5 Å². The maximum absolute atomic E-state index is 7.86. The fourth-order valence-electron chi connectivity index (χ4n) is 1.99. The Balaban J connectivity index is 2.29. The van der Waals surface area contributed by atoms with E-state index >= 15 is 0 Å². The third-order valence-corrected chi connectivity index (χ3v) is 2.70. The number of nitrogens with zero attached hydrogens (tertiary/aromatic N) is 1. The molecular formula is C12H16N2O. The number of para-hydroxylation sites is 1. The second kappa shape index (κ2) is 4.45. The molecule has 1 heterocycles. The van der Waals surface area contributed by atoms with Crippen LogP contribution in [0.1, 0.15) is 18.4 Å². The molecule has 1 fully saturated rings. The van der Waals surface area contributed by atoms with Crippen LogP contribution in [0.4, 0.5) is 5.69 Å². The zero-order valence-corrected chi connectivity index (χ0v) is 8.99. The number of rotatable bonds is 3. The molecule has 15 heavy (non-hydrogen) atoms. The van der Waals surface area contributed by atoms with E-state index < -0.39 is 0 Å². The van der Waals surface area contributed by atoms with Gasteiger partial charge in [-0.2, -0.15) is 0 Å². The van der Waals surface area contributed by atoms with E-state index in [9.17, 15) is 0 Å². The minimum Gasteiger partial charge on any atom is -0.380 e. The largest absolute Gasteiger partial charge is 0.380 e. The molecule has 1 saturated heterocycles. The Morgan fingerprint density at radius 3 is 2.87 bits per heavy atom. The lowest BCUT2D eigenvalue weighted by atomic mass is 10.1. The van der Waals surface area contributed by atoms with Gasteiger partial charge >= 0.3 is 0 Å². The van der Waals surface area contributed by atoms with Crippen molar-refractivity contribution in [3.8, 4) is 0 Å². The molecule has 2 rings (SSSR count). The maximum Gasteiger partial charge on any atom is 0.100 e. The van der Waals surface area contributed by atoms with Crippen molar-refractivity contribution in [3.63, 3.8) is 0 Å². The molecule has 0 aromatic heterocycles. The van der Waals surface area contributed by atoms with Gasteiger partial charge in [0.15, 0.2) is 0 Å². The number of hydrogen-bond donors (Lipinski definition) is 1. The van der Waals surface area contributed by atoms with Crippen LogP contribution >= 0.6 is 0 Å². The summed E-state index contributed by atoms with van der Waals surface area (Å²) in [6.45, 7) is 1.57. The van der Waals surface area contributed by atoms with E-state index in [-0.39, 0.29) is 0 Å². The standard InChI is InChI=1S/C12H16N2O/c1-15-9-10-5-2-3-6-11(10)14-8-4-7-12(14)13/h2-3,5-6,13H,4,7-9H2,1H3. The van der Waals surface area contributed by atoms with Crippen LogP contribution in [0.3, 0.4) is 0 Å². The van der Waals surface area contributed by atoms with Crippen LogP contribution in [0.5, 0.6) is 0 Å². The minimum absolute atomic E-state index is 0.611. The van der Waals surface area contributed by atoms with Gasteiger partial charge in [0.2, 0.25) is 0 Å². The van der Waals surface area contributed by atoms with Gasteiger partial charge in [-0.1, -0.05) is 18.2 Å². The van der Waals surface area contributed by atoms with Crippen molar-refractivity contribution < 1.29 is 4.74 Å². The predicted molar refractivity (Wildman–Crippen MR) is 61.5 cm³/mol. The summed E-state index contributed by atoms with van der Waals surface area (Å²) in [6.07, 6.45) is 1.97. The summed E-state index contributed by atoms with van der Waals surface area (Å²) in [7, 11) is 1.70. The van der Waals surface area contributed by atoms with Gasteiger partial charge in [-0.15, -0.1) is 0 Å². The third kappa shape index (κ3) is 2.02. The summed E-state index contributed by atoms with van der Waals surface area (Å²) in [6, 6.07) is 8.15. The Hall–Kier alpha value is -1.35. The lowest BCUT2D eigenvalue weighted by Crippen LogP contribution is -2.24. The molecule has 0 bridgehead atoms. The molecular weight excluding hydrogens is 188 g/mol. The van der Waals surface area contributed by atoms with Gasteiger partial charge in [-0.05, 0) is 12.5 Å². The van der Waals surface area contributed by atoms with Crippen molar-refractivity contribution in [1.29, 1.82) is 5.41 Å². The summed E-state index contributed by atoms with van der Waals surface area (Å²) < 4.78 is 5.17. The minimum atomic E-state index is 0.611. The summed E-state index contributed by atoms with van der Waals surface area (Å²) in [5.41, 5.74) is 2.29. The van der Waals surface area contributed by atoms with Crippen molar-refractivity contribution in [2.24, 2.45) is 0 Å². The van der Waals surface area contributed by atoms with E-state index in [0.717, 1.165) is 36.5 Å². The van der Waals surface area contributed by atoms with E-state index in [0.29, 0.717) is 6.61 Å². The Morgan fingerprint density at radius 2 is 2.20 bits per heavy atom. The molecule has 0 saturated carbocycles.